The molecule has 1 aromatic carbocycles. The van der Waals surface area contributed by atoms with E-state index in [1.807, 2.05) is 31.2 Å². The number of hydrogen-bond donors (Lipinski definition) is 2. The van der Waals surface area contributed by atoms with Crippen LogP contribution in [-0.2, 0) is 4.79 Å². The van der Waals surface area contributed by atoms with Crippen LogP contribution in [0.3, 0.4) is 0 Å². The predicted molar refractivity (Wildman–Crippen MR) is 64.4 cm³/mol. The summed E-state index contributed by atoms with van der Waals surface area (Å²) < 4.78 is 1.01. The number of rotatable bonds is 4. The monoisotopic (exact) mass is 270 g/mol. The number of nitrogens with one attached hydrogen (secondary N) is 1. The van der Waals surface area contributed by atoms with Gasteiger partial charge in [0.15, 0.2) is 0 Å². The fourth-order valence-electron chi connectivity index (χ4n) is 1.30. The lowest BCUT2D eigenvalue weighted by Gasteiger charge is -2.14. The van der Waals surface area contributed by atoms with Gasteiger partial charge in [-0.15, -0.1) is 0 Å². The summed E-state index contributed by atoms with van der Waals surface area (Å²) in [5.41, 5.74) is 6.38. The van der Waals surface area contributed by atoms with Gasteiger partial charge in [0, 0.05) is 17.4 Å². The molecule has 0 bridgehead atoms. The molecule has 0 saturated heterocycles. The fraction of sp³-hybridized carbons (Fsp3) is 0.364. The molecule has 4 heteroatoms. The van der Waals surface area contributed by atoms with Crippen LogP contribution in [0.1, 0.15) is 24.9 Å². The Labute approximate surface area is 98.2 Å². The number of amides is 1. The molecular weight excluding hydrogens is 256 g/mol. The summed E-state index contributed by atoms with van der Waals surface area (Å²) >= 11 is 3.39. The SMILES string of the molecule is CC(NC(=O)CCN)c1cccc(Br)c1. The van der Waals surface area contributed by atoms with Crippen molar-refractivity contribution in [1.29, 1.82) is 0 Å². The molecule has 82 valence electrons. The van der Waals surface area contributed by atoms with Crippen molar-refractivity contribution >= 4 is 21.8 Å². The van der Waals surface area contributed by atoms with Crippen molar-refractivity contribution in [2.24, 2.45) is 5.73 Å². The minimum absolute atomic E-state index is 0.00928. The molecule has 0 aromatic heterocycles. The van der Waals surface area contributed by atoms with Gasteiger partial charge in [0.25, 0.3) is 0 Å². The highest BCUT2D eigenvalue weighted by molar-refractivity contribution is 9.10. The smallest absolute Gasteiger partial charge is 0.221 e. The van der Waals surface area contributed by atoms with Crippen molar-refractivity contribution < 1.29 is 4.79 Å². The number of hydrogen-bond acceptors (Lipinski definition) is 2. The van der Waals surface area contributed by atoms with Crippen LogP contribution in [0.4, 0.5) is 0 Å². The van der Waals surface area contributed by atoms with E-state index in [-0.39, 0.29) is 11.9 Å². The van der Waals surface area contributed by atoms with Crippen LogP contribution in [0.2, 0.25) is 0 Å². The Morgan fingerprint density at radius 3 is 2.93 bits per heavy atom. The zero-order chi connectivity index (χ0) is 11.3. The molecule has 3 N–H and O–H groups in total. The predicted octanol–water partition coefficient (Wildman–Crippen LogP) is 1.98. The third-order valence-electron chi connectivity index (χ3n) is 2.10. The van der Waals surface area contributed by atoms with Gasteiger partial charge >= 0.3 is 0 Å². The van der Waals surface area contributed by atoms with Gasteiger partial charge in [0.2, 0.25) is 5.91 Å². The highest BCUT2D eigenvalue weighted by Crippen LogP contribution is 2.17. The van der Waals surface area contributed by atoms with E-state index in [1.165, 1.54) is 0 Å². The second kappa shape index (κ2) is 5.88. The standard InChI is InChI=1S/C11H15BrN2O/c1-8(14-11(15)5-6-13)9-3-2-4-10(12)7-9/h2-4,7-8H,5-6,13H2,1H3,(H,14,15). The molecule has 1 unspecified atom stereocenters. The van der Waals surface area contributed by atoms with Gasteiger partial charge in [0.05, 0.1) is 6.04 Å². The van der Waals surface area contributed by atoms with E-state index in [1.54, 1.807) is 0 Å². The number of carbonyl (C=O) groups excluding carboxylic acids is 1. The van der Waals surface area contributed by atoms with Crippen molar-refractivity contribution in [1.82, 2.24) is 5.32 Å². The van der Waals surface area contributed by atoms with E-state index >= 15 is 0 Å². The largest absolute Gasteiger partial charge is 0.350 e. The molecule has 1 atom stereocenters. The van der Waals surface area contributed by atoms with Crippen molar-refractivity contribution in [2.45, 2.75) is 19.4 Å². The van der Waals surface area contributed by atoms with Crippen LogP contribution in [0.25, 0.3) is 0 Å². The van der Waals surface area contributed by atoms with E-state index in [0.29, 0.717) is 13.0 Å². The Hall–Kier alpha value is -0.870. The van der Waals surface area contributed by atoms with Gasteiger partial charge in [-0.25, -0.2) is 0 Å². The quantitative estimate of drug-likeness (QED) is 0.879. The Kier molecular flexibility index (Phi) is 4.78. The first-order chi connectivity index (χ1) is 7.13. The van der Waals surface area contributed by atoms with Crippen LogP contribution in [0, 0.1) is 0 Å². The molecule has 0 fully saturated rings. The van der Waals surface area contributed by atoms with Crippen molar-refractivity contribution in [3.63, 3.8) is 0 Å². The minimum Gasteiger partial charge on any atom is -0.350 e. The first-order valence-corrected chi connectivity index (χ1v) is 5.67. The number of benzene rings is 1. The summed E-state index contributed by atoms with van der Waals surface area (Å²) in [7, 11) is 0. The van der Waals surface area contributed by atoms with Crippen LogP contribution in [-0.4, -0.2) is 12.5 Å². The van der Waals surface area contributed by atoms with E-state index in [0.717, 1.165) is 10.0 Å². The molecule has 1 amide bonds. The van der Waals surface area contributed by atoms with Gasteiger partial charge in [-0.2, -0.15) is 0 Å². The lowest BCUT2D eigenvalue weighted by atomic mass is 10.1. The minimum atomic E-state index is -0.00928. The zero-order valence-electron chi connectivity index (χ0n) is 8.66. The lowest BCUT2D eigenvalue weighted by molar-refractivity contribution is -0.121. The lowest BCUT2D eigenvalue weighted by Crippen LogP contribution is -2.28. The molecule has 0 spiro atoms. The Morgan fingerprint density at radius 1 is 1.60 bits per heavy atom. The van der Waals surface area contributed by atoms with Crippen molar-refractivity contribution in [2.75, 3.05) is 6.54 Å². The van der Waals surface area contributed by atoms with E-state index in [9.17, 15) is 4.79 Å². The third-order valence-corrected chi connectivity index (χ3v) is 2.59. The normalized spacial score (nSPS) is 12.2. The molecule has 0 heterocycles. The molecule has 15 heavy (non-hydrogen) atoms. The summed E-state index contributed by atoms with van der Waals surface area (Å²) in [6.07, 6.45) is 0.373. The van der Waals surface area contributed by atoms with Gasteiger partial charge in [-0.1, -0.05) is 28.1 Å². The Bertz CT molecular complexity index is 341. The average Bonchev–Trinajstić information content (AvgIpc) is 2.18. The van der Waals surface area contributed by atoms with Gasteiger partial charge in [-0.05, 0) is 24.6 Å². The molecule has 1 rings (SSSR count). The second-order valence-corrected chi connectivity index (χ2v) is 4.30. The molecule has 0 saturated carbocycles. The average molecular weight is 271 g/mol. The van der Waals surface area contributed by atoms with Crippen LogP contribution < -0.4 is 11.1 Å². The van der Waals surface area contributed by atoms with Crippen LogP contribution >= 0.6 is 15.9 Å². The highest BCUT2D eigenvalue weighted by Gasteiger charge is 2.08. The van der Waals surface area contributed by atoms with E-state index in [4.69, 9.17) is 5.73 Å². The maximum Gasteiger partial charge on any atom is 0.221 e. The molecular formula is C11H15BrN2O. The van der Waals surface area contributed by atoms with Gasteiger partial charge < -0.3 is 11.1 Å². The first kappa shape index (κ1) is 12.2. The molecule has 3 nitrogen and oxygen atoms in total. The van der Waals surface area contributed by atoms with Gasteiger partial charge in [-0.3, -0.25) is 4.79 Å². The molecule has 0 aliphatic rings. The Morgan fingerprint density at radius 2 is 2.33 bits per heavy atom. The number of nitrogens with two attached hydrogens (primary N) is 1. The number of halogens is 1. The summed E-state index contributed by atoms with van der Waals surface area (Å²) in [5.74, 6) is -0.00928. The topological polar surface area (TPSA) is 55.1 Å². The van der Waals surface area contributed by atoms with E-state index < -0.39 is 0 Å². The first-order valence-electron chi connectivity index (χ1n) is 4.88. The summed E-state index contributed by atoms with van der Waals surface area (Å²) in [6.45, 7) is 2.34. The van der Waals surface area contributed by atoms with E-state index in [2.05, 4.69) is 21.2 Å². The van der Waals surface area contributed by atoms with Crippen molar-refractivity contribution in [3.05, 3.63) is 34.3 Å². The van der Waals surface area contributed by atoms with Gasteiger partial charge in [0.1, 0.15) is 0 Å². The molecule has 0 aliphatic carbocycles. The zero-order valence-corrected chi connectivity index (χ0v) is 10.3. The highest BCUT2D eigenvalue weighted by atomic mass is 79.9. The Balaban J connectivity index is 2.60. The summed E-state index contributed by atoms with van der Waals surface area (Å²) in [6, 6.07) is 7.90. The van der Waals surface area contributed by atoms with Crippen LogP contribution in [0.5, 0.6) is 0 Å². The molecule has 1 aromatic rings. The summed E-state index contributed by atoms with van der Waals surface area (Å²) in [5, 5.41) is 2.88. The maximum atomic E-state index is 11.3. The fourth-order valence-corrected chi connectivity index (χ4v) is 1.72. The van der Waals surface area contributed by atoms with Crippen molar-refractivity contribution in [3.8, 4) is 0 Å². The molecule has 0 aliphatic heterocycles. The third kappa shape index (κ3) is 4.01. The second-order valence-electron chi connectivity index (χ2n) is 3.38. The maximum absolute atomic E-state index is 11.3. The van der Waals surface area contributed by atoms with Crippen LogP contribution in [0.15, 0.2) is 28.7 Å². The number of carbonyl (C=O) groups is 1. The molecule has 0 radical (unpaired) electrons. The summed E-state index contributed by atoms with van der Waals surface area (Å²) in [4.78, 5) is 11.3.